The number of anilines is 1. The van der Waals surface area contributed by atoms with Crippen molar-refractivity contribution in [2.24, 2.45) is 0 Å². The fourth-order valence-electron chi connectivity index (χ4n) is 4.93. The number of aliphatic hydroxyl groups excluding tert-OH is 1. The molecule has 0 bridgehead atoms. The molecule has 3 heterocycles. The number of fused-ring (bicyclic) bond motifs is 1. The molecule has 2 aliphatic rings. The molecular weight excluding hydrogens is 549 g/mol. The van der Waals surface area contributed by atoms with E-state index in [1.807, 2.05) is 38.1 Å². The molecule has 10 heteroatoms. The van der Waals surface area contributed by atoms with Gasteiger partial charge in [-0.25, -0.2) is 4.39 Å². The average molecular weight is 574 g/mol. The maximum Gasteiger partial charge on any atom is 0.301 e. The molecule has 202 valence electrons. The van der Waals surface area contributed by atoms with E-state index in [0.717, 1.165) is 27.4 Å². The van der Waals surface area contributed by atoms with E-state index < -0.39 is 23.5 Å². The van der Waals surface area contributed by atoms with Crippen LogP contribution in [0.2, 0.25) is 0 Å². The Morgan fingerprint density at radius 1 is 1.12 bits per heavy atom. The number of carbonyl (C=O) groups excluding carboxylic acids is 2. The summed E-state index contributed by atoms with van der Waals surface area (Å²) >= 11 is 2.59. The normalized spacial score (nSPS) is 19.6. The van der Waals surface area contributed by atoms with Crippen molar-refractivity contribution in [1.29, 1.82) is 0 Å². The fraction of sp³-hybridized carbons (Fsp3) is 0.200. The maximum atomic E-state index is 15.2. The number of ether oxygens (including phenoxy) is 1. The lowest BCUT2D eigenvalue weighted by atomic mass is 9.94. The second-order valence-corrected chi connectivity index (χ2v) is 11.9. The third-order valence-electron chi connectivity index (χ3n) is 6.90. The summed E-state index contributed by atoms with van der Waals surface area (Å²) in [6.07, 6.45) is 0.641. The highest BCUT2D eigenvalue weighted by atomic mass is 32.2. The van der Waals surface area contributed by atoms with Crippen molar-refractivity contribution < 1.29 is 23.8 Å². The third kappa shape index (κ3) is 4.77. The highest BCUT2D eigenvalue weighted by Gasteiger charge is 2.49. The molecule has 1 amide bonds. The summed E-state index contributed by atoms with van der Waals surface area (Å²) in [4.78, 5) is 28.0. The van der Waals surface area contributed by atoms with Crippen LogP contribution in [0.3, 0.4) is 0 Å². The van der Waals surface area contributed by atoms with Gasteiger partial charge in [0.15, 0.2) is 4.34 Å². The van der Waals surface area contributed by atoms with E-state index in [9.17, 15) is 14.7 Å². The van der Waals surface area contributed by atoms with E-state index in [1.54, 1.807) is 24.3 Å². The molecule has 2 aliphatic heterocycles. The second-order valence-electron chi connectivity index (χ2n) is 9.77. The minimum absolute atomic E-state index is 0.00753. The highest BCUT2D eigenvalue weighted by molar-refractivity contribution is 8.00. The van der Waals surface area contributed by atoms with Gasteiger partial charge in [0.05, 0.1) is 5.57 Å². The number of aliphatic hydroxyl groups is 1. The first-order chi connectivity index (χ1) is 19.3. The number of carbonyl (C=O) groups is 2. The quantitative estimate of drug-likeness (QED) is 0.0961. The van der Waals surface area contributed by atoms with Gasteiger partial charge in [0.2, 0.25) is 5.13 Å². The molecule has 1 N–H and O–H groups in total. The summed E-state index contributed by atoms with van der Waals surface area (Å²) in [5.41, 5.74) is 3.37. The highest BCUT2D eigenvalue weighted by Crippen LogP contribution is 2.45. The van der Waals surface area contributed by atoms with Crippen LogP contribution in [0.5, 0.6) is 5.75 Å². The first-order valence-electron chi connectivity index (χ1n) is 12.7. The number of hydrogen-bond donors (Lipinski definition) is 1. The monoisotopic (exact) mass is 573 g/mol. The smallest absolute Gasteiger partial charge is 0.301 e. The fourth-order valence-corrected chi connectivity index (χ4v) is 6.76. The number of benzene rings is 3. The lowest BCUT2D eigenvalue weighted by Crippen LogP contribution is -2.29. The largest absolute Gasteiger partial charge is 0.507 e. The zero-order valence-corrected chi connectivity index (χ0v) is 23.3. The Morgan fingerprint density at radius 3 is 2.67 bits per heavy atom. The van der Waals surface area contributed by atoms with Gasteiger partial charge in [-0.3, -0.25) is 14.5 Å². The van der Waals surface area contributed by atoms with E-state index in [0.29, 0.717) is 27.8 Å². The first-order valence-corrected chi connectivity index (χ1v) is 14.5. The Kier molecular flexibility index (Phi) is 6.89. The number of nitrogens with zero attached hydrogens (tertiary/aromatic N) is 3. The third-order valence-corrected chi connectivity index (χ3v) is 9.03. The van der Waals surface area contributed by atoms with Crippen molar-refractivity contribution in [3.8, 4) is 5.75 Å². The van der Waals surface area contributed by atoms with Crippen molar-refractivity contribution in [3.63, 3.8) is 0 Å². The van der Waals surface area contributed by atoms with E-state index in [-0.39, 0.29) is 28.1 Å². The van der Waals surface area contributed by atoms with Crippen molar-refractivity contribution in [2.45, 2.75) is 42.5 Å². The average Bonchev–Trinajstić information content (AvgIpc) is 3.63. The van der Waals surface area contributed by atoms with Gasteiger partial charge < -0.3 is 9.84 Å². The van der Waals surface area contributed by atoms with Crippen molar-refractivity contribution in [3.05, 3.63) is 106 Å². The molecule has 2 unspecified atom stereocenters. The number of aryl methyl sites for hydroxylation is 1. The van der Waals surface area contributed by atoms with Crippen LogP contribution in [-0.4, -0.2) is 33.1 Å². The van der Waals surface area contributed by atoms with Gasteiger partial charge in [0.25, 0.3) is 5.78 Å². The Bertz CT molecular complexity index is 1670. The SMILES string of the molecule is Cc1ccc(CSc2nnc(N3C(=O)C(=O)/C(=C(\O)c4ccc5c(c4)CC(C)O5)C3c3ccccc3F)s2)cc1. The lowest BCUT2D eigenvalue weighted by Gasteiger charge is -2.22. The van der Waals surface area contributed by atoms with Crippen LogP contribution >= 0.6 is 23.1 Å². The van der Waals surface area contributed by atoms with Crippen LogP contribution < -0.4 is 9.64 Å². The number of amides is 1. The Hall–Kier alpha value is -4.02. The topological polar surface area (TPSA) is 92.6 Å². The van der Waals surface area contributed by atoms with Crippen LogP contribution in [-0.2, 0) is 21.8 Å². The van der Waals surface area contributed by atoms with Crippen LogP contribution in [0.15, 0.2) is 76.6 Å². The van der Waals surface area contributed by atoms with Gasteiger partial charge in [-0.15, -0.1) is 10.2 Å². The number of Topliss-reactive ketones (excluding diaryl/α,β-unsaturated/α-hetero) is 1. The number of thioether (sulfide) groups is 1. The molecule has 3 aromatic carbocycles. The number of aromatic nitrogens is 2. The summed E-state index contributed by atoms with van der Waals surface area (Å²) in [6.45, 7) is 3.96. The van der Waals surface area contributed by atoms with Gasteiger partial charge in [-0.2, -0.15) is 0 Å². The van der Waals surface area contributed by atoms with Crippen LogP contribution in [0.4, 0.5) is 9.52 Å². The summed E-state index contributed by atoms with van der Waals surface area (Å²) in [6, 6.07) is 17.9. The number of ketones is 1. The van der Waals surface area contributed by atoms with E-state index in [1.165, 1.54) is 35.5 Å². The minimum atomic E-state index is -1.22. The van der Waals surface area contributed by atoms with Gasteiger partial charge in [-0.1, -0.05) is 71.1 Å². The molecule has 0 spiro atoms. The number of hydrogen-bond acceptors (Lipinski definition) is 8. The molecule has 1 saturated heterocycles. The molecule has 0 aliphatic carbocycles. The van der Waals surface area contributed by atoms with Crippen molar-refractivity contribution in [2.75, 3.05) is 4.90 Å². The molecule has 40 heavy (non-hydrogen) atoms. The standard InChI is InChI=1S/C30H24FN3O4S2/c1-16-7-9-18(10-8-16)15-39-30-33-32-29(40-30)34-25(21-5-3-4-6-22(21)31)24(27(36)28(34)37)26(35)19-11-12-23-20(14-19)13-17(2)38-23/h3-12,14,17,25,35H,13,15H2,1-2H3/b26-24-. The summed E-state index contributed by atoms with van der Waals surface area (Å²) in [7, 11) is 0. The summed E-state index contributed by atoms with van der Waals surface area (Å²) in [5, 5.41) is 20.0. The van der Waals surface area contributed by atoms with Crippen LogP contribution in [0.1, 0.15) is 40.8 Å². The van der Waals surface area contributed by atoms with Gasteiger partial charge in [-0.05, 0) is 49.2 Å². The van der Waals surface area contributed by atoms with E-state index >= 15 is 4.39 Å². The minimum Gasteiger partial charge on any atom is -0.507 e. The molecule has 0 saturated carbocycles. The first kappa shape index (κ1) is 26.2. The van der Waals surface area contributed by atoms with Crippen molar-refractivity contribution in [1.82, 2.24) is 10.2 Å². The van der Waals surface area contributed by atoms with E-state index in [2.05, 4.69) is 10.2 Å². The Labute approximate surface area is 238 Å². The summed E-state index contributed by atoms with van der Waals surface area (Å²) in [5.74, 6) is -1.46. The molecule has 7 nitrogen and oxygen atoms in total. The van der Waals surface area contributed by atoms with Crippen molar-refractivity contribution >= 4 is 45.7 Å². The predicted octanol–water partition coefficient (Wildman–Crippen LogP) is 6.23. The molecule has 2 atom stereocenters. The second kappa shape index (κ2) is 10.5. The van der Waals surface area contributed by atoms with Gasteiger partial charge in [0, 0.05) is 23.3 Å². The zero-order chi connectivity index (χ0) is 28.0. The van der Waals surface area contributed by atoms with E-state index in [4.69, 9.17) is 4.74 Å². The number of halogens is 1. The Balaban J connectivity index is 1.39. The van der Waals surface area contributed by atoms with Gasteiger partial charge in [0.1, 0.15) is 29.5 Å². The van der Waals surface area contributed by atoms with Gasteiger partial charge >= 0.3 is 5.91 Å². The molecule has 6 rings (SSSR count). The molecule has 1 aromatic heterocycles. The maximum absolute atomic E-state index is 15.2. The molecule has 4 aromatic rings. The summed E-state index contributed by atoms with van der Waals surface area (Å²) < 4.78 is 21.5. The van der Waals surface area contributed by atoms with Crippen LogP contribution in [0, 0.1) is 12.7 Å². The number of rotatable bonds is 6. The molecule has 0 radical (unpaired) electrons. The molecular formula is C30H24FN3O4S2. The lowest BCUT2D eigenvalue weighted by molar-refractivity contribution is -0.132. The molecule has 1 fully saturated rings. The predicted molar refractivity (Wildman–Crippen MR) is 152 cm³/mol. The Morgan fingerprint density at radius 2 is 1.90 bits per heavy atom. The zero-order valence-electron chi connectivity index (χ0n) is 21.6. The van der Waals surface area contributed by atoms with Crippen LogP contribution in [0.25, 0.3) is 5.76 Å².